The van der Waals surface area contributed by atoms with E-state index in [4.69, 9.17) is 28.4 Å². The van der Waals surface area contributed by atoms with Gasteiger partial charge in [0, 0.05) is 5.57 Å². The highest BCUT2D eigenvalue weighted by Gasteiger charge is 1.97. The molecule has 0 aliphatic heterocycles. The van der Waals surface area contributed by atoms with E-state index in [0.717, 1.165) is 0 Å². The molecule has 0 saturated carbocycles. The first-order valence-corrected chi connectivity index (χ1v) is 5.28. The Bertz CT molecular complexity index is 310. The van der Waals surface area contributed by atoms with Gasteiger partial charge in [0.2, 0.25) is 5.91 Å². The van der Waals surface area contributed by atoms with Gasteiger partial charge in [-0.2, -0.15) is 8.42 Å². The number of amides is 1. The highest BCUT2D eigenvalue weighted by molar-refractivity contribution is 7.79. The predicted molar refractivity (Wildman–Crippen MR) is 53.4 cm³/mol. The smallest absolute Gasteiger partial charge is 0.393 e. The van der Waals surface area contributed by atoms with Crippen LogP contribution in [0, 0.1) is 0 Å². The van der Waals surface area contributed by atoms with Gasteiger partial charge in [0.05, 0.1) is 6.10 Å². The van der Waals surface area contributed by atoms with E-state index in [1.54, 1.807) is 19.9 Å². The number of rotatable bonds is 3. The fourth-order valence-corrected chi connectivity index (χ4v) is 0.448. The van der Waals surface area contributed by atoms with Gasteiger partial charge in [-0.05, 0) is 20.3 Å². The summed E-state index contributed by atoms with van der Waals surface area (Å²) in [6.45, 7) is 3.29. The summed E-state index contributed by atoms with van der Waals surface area (Å²) in [6.07, 6.45) is 1.70. The molecule has 0 saturated heterocycles. The van der Waals surface area contributed by atoms with E-state index in [-0.39, 0.29) is 0 Å². The highest BCUT2D eigenvalue weighted by atomic mass is 32.3. The third-order valence-electron chi connectivity index (χ3n) is 1.15. The van der Waals surface area contributed by atoms with Crippen molar-refractivity contribution in [3.63, 3.8) is 0 Å². The van der Waals surface area contributed by atoms with Crippen LogP contribution in [0.2, 0.25) is 0 Å². The van der Waals surface area contributed by atoms with E-state index in [2.05, 4.69) is 0 Å². The standard InChI is InChI=1S/C7H13NO2.H2O4S/c1-5(7(8)10)3-4-6(2)9;1-5(2,3)4/h3,6,9H,4H2,1-2H3,(H2,8,10);(H2,1,2,3,4). The third-order valence-corrected chi connectivity index (χ3v) is 1.15. The van der Waals surface area contributed by atoms with Gasteiger partial charge < -0.3 is 10.8 Å². The first-order valence-electron chi connectivity index (χ1n) is 3.88. The fourth-order valence-electron chi connectivity index (χ4n) is 0.448. The molecule has 5 N–H and O–H groups in total. The number of hydrogen-bond acceptors (Lipinski definition) is 4. The maximum absolute atomic E-state index is 10.4. The normalized spacial score (nSPS) is 13.8. The number of nitrogens with two attached hydrogens (primary N) is 1. The van der Waals surface area contributed by atoms with Gasteiger partial charge in [0.15, 0.2) is 0 Å². The second kappa shape index (κ2) is 7.35. The summed E-state index contributed by atoms with van der Waals surface area (Å²) in [5.41, 5.74) is 5.43. The Balaban J connectivity index is 0. The molecule has 0 spiro atoms. The van der Waals surface area contributed by atoms with E-state index < -0.39 is 22.4 Å². The SMILES string of the molecule is CC(=CCC(C)O)C(N)=O.O=S(=O)(O)O. The van der Waals surface area contributed by atoms with Crippen molar-refractivity contribution in [2.24, 2.45) is 5.73 Å². The van der Waals surface area contributed by atoms with Gasteiger partial charge >= 0.3 is 10.4 Å². The van der Waals surface area contributed by atoms with Crippen LogP contribution in [0.4, 0.5) is 0 Å². The number of primary amides is 1. The summed E-state index contributed by atoms with van der Waals surface area (Å²) in [4.78, 5) is 10.4. The predicted octanol–water partition coefficient (Wildman–Crippen LogP) is -0.464. The largest absolute Gasteiger partial charge is 0.394 e. The van der Waals surface area contributed by atoms with Crippen molar-refractivity contribution >= 4 is 16.3 Å². The van der Waals surface area contributed by atoms with Crippen molar-refractivity contribution in [3.8, 4) is 0 Å². The van der Waals surface area contributed by atoms with Crippen molar-refractivity contribution in [2.45, 2.75) is 26.4 Å². The van der Waals surface area contributed by atoms with Crippen LogP contribution < -0.4 is 5.73 Å². The molecule has 0 rings (SSSR count). The number of hydrogen-bond donors (Lipinski definition) is 4. The zero-order valence-corrected chi connectivity index (χ0v) is 9.23. The van der Waals surface area contributed by atoms with Gasteiger partial charge in [-0.15, -0.1) is 0 Å². The molecule has 8 heteroatoms. The molecule has 7 nitrogen and oxygen atoms in total. The summed E-state index contributed by atoms with van der Waals surface area (Å²) in [7, 11) is -4.67. The Labute approximate surface area is 88.2 Å². The van der Waals surface area contributed by atoms with Crippen LogP contribution in [-0.2, 0) is 15.2 Å². The second-order valence-corrected chi connectivity index (χ2v) is 3.68. The highest BCUT2D eigenvalue weighted by Crippen LogP contribution is 1.97. The summed E-state index contributed by atoms with van der Waals surface area (Å²) in [5, 5.41) is 8.79. The van der Waals surface area contributed by atoms with E-state index in [0.29, 0.717) is 12.0 Å². The summed E-state index contributed by atoms with van der Waals surface area (Å²) >= 11 is 0. The van der Waals surface area contributed by atoms with E-state index in [9.17, 15) is 4.79 Å². The van der Waals surface area contributed by atoms with E-state index in [1.807, 2.05) is 0 Å². The molecule has 1 amide bonds. The average molecular weight is 241 g/mol. The molecule has 1 atom stereocenters. The molecule has 0 bridgehead atoms. The topological polar surface area (TPSA) is 138 Å². The first-order chi connectivity index (χ1) is 6.54. The molecule has 15 heavy (non-hydrogen) atoms. The second-order valence-electron chi connectivity index (χ2n) is 2.78. The lowest BCUT2D eigenvalue weighted by Crippen LogP contribution is -2.12. The van der Waals surface area contributed by atoms with Crippen molar-refractivity contribution in [2.75, 3.05) is 0 Å². The van der Waals surface area contributed by atoms with Gasteiger partial charge in [-0.3, -0.25) is 13.9 Å². The zero-order chi connectivity index (χ0) is 12.6. The van der Waals surface area contributed by atoms with Gasteiger partial charge in [0.25, 0.3) is 0 Å². The van der Waals surface area contributed by atoms with Crippen LogP contribution in [-0.4, -0.2) is 34.6 Å². The van der Waals surface area contributed by atoms with Crippen LogP contribution in [0.1, 0.15) is 20.3 Å². The molecular formula is C7H15NO6S. The van der Waals surface area contributed by atoms with Crippen LogP contribution in [0.5, 0.6) is 0 Å². The first kappa shape index (κ1) is 16.5. The van der Waals surface area contributed by atoms with Crippen molar-refractivity contribution in [1.29, 1.82) is 0 Å². The molecule has 0 heterocycles. The Morgan fingerprint density at radius 1 is 1.47 bits per heavy atom. The summed E-state index contributed by atoms with van der Waals surface area (Å²) in [5.74, 6) is -0.430. The number of aliphatic hydroxyl groups excluding tert-OH is 1. The molecule has 1 unspecified atom stereocenters. The van der Waals surface area contributed by atoms with Crippen LogP contribution in [0.25, 0.3) is 0 Å². The minimum Gasteiger partial charge on any atom is -0.393 e. The Morgan fingerprint density at radius 3 is 2.00 bits per heavy atom. The molecular weight excluding hydrogens is 226 g/mol. The molecule has 0 aromatic heterocycles. The molecule has 0 aromatic rings. The zero-order valence-electron chi connectivity index (χ0n) is 8.41. The third kappa shape index (κ3) is 24.6. The molecule has 0 aliphatic rings. The number of carbonyl (C=O) groups excluding carboxylic acids is 1. The average Bonchev–Trinajstić information content (AvgIpc) is 1.96. The van der Waals surface area contributed by atoms with Crippen LogP contribution in [0.15, 0.2) is 11.6 Å². The lowest BCUT2D eigenvalue weighted by molar-refractivity contribution is -0.114. The van der Waals surface area contributed by atoms with Crippen LogP contribution >= 0.6 is 0 Å². The summed E-state index contributed by atoms with van der Waals surface area (Å²) < 4.78 is 31.6. The van der Waals surface area contributed by atoms with Crippen LogP contribution in [0.3, 0.4) is 0 Å². The van der Waals surface area contributed by atoms with E-state index >= 15 is 0 Å². The molecule has 0 aliphatic carbocycles. The number of carbonyl (C=O) groups is 1. The van der Waals surface area contributed by atoms with Gasteiger partial charge in [-0.1, -0.05) is 6.08 Å². The number of aliphatic hydroxyl groups is 1. The molecule has 0 aromatic carbocycles. The maximum Gasteiger partial charge on any atom is 0.394 e. The van der Waals surface area contributed by atoms with Crippen molar-refractivity contribution in [3.05, 3.63) is 11.6 Å². The Hall–Kier alpha value is -0.960. The maximum atomic E-state index is 10.4. The molecule has 90 valence electrons. The minimum atomic E-state index is -4.67. The Kier molecular flexibility index (Phi) is 8.07. The Morgan fingerprint density at radius 2 is 1.80 bits per heavy atom. The fraction of sp³-hybridized carbons (Fsp3) is 0.571. The lowest BCUT2D eigenvalue weighted by atomic mass is 10.2. The van der Waals surface area contributed by atoms with E-state index in [1.165, 1.54) is 0 Å². The van der Waals surface area contributed by atoms with Gasteiger partial charge in [0.1, 0.15) is 0 Å². The quantitative estimate of drug-likeness (QED) is 0.389. The lowest BCUT2D eigenvalue weighted by Gasteiger charge is -1.98. The molecule has 0 fully saturated rings. The minimum absolute atomic E-state index is 0.408. The van der Waals surface area contributed by atoms with Crippen molar-refractivity contribution in [1.82, 2.24) is 0 Å². The monoisotopic (exact) mass is 241 g/mol. The molecule has 0 radical (unpaired) electrons. The van der Waals surface area contributed by atoms with Gasteiger partial charge in [-0.25, -0.2) is 0 Å². The summed E-state index contributed by atoms with van der Waals surface area (Å²) in [6, 6.07) is 0. The van der Waals surface area contributed by atoms with Crippen molar-refractivity contribution < 1.29 is 27.4 Å².